The number of ether oxygens (including phenoxy) is 1. The van der Waals surface area contributed by atoms with E-state index in [0.717, 1.165) is 6.54 Å². The molecule has 2 aliphatic rings. The predicted molar refractivity (Wildman–Crippen MR) is 84.9 cm³/mol. The first-order valence-electron chi connectivity index (χ1n) is 8.08. The maximum Gasteiger partial charge on any atom is 0.234 e. The lowest BCUT2D eigenvalue weighted by atomic mass is 10.2. The van der Waals surface area contributed by atoms with Gasteiger partial charge in [-0.3, -0.25) is 19.0 Å². The van der Waals surface area contributed by atoms with Gasteiger partial charge in [0.05, 0.1) is 37.4 Å². The number of sulfone groups is 1. The van der Waals surface area contributed by atoms with Crippen LogP contribution >= 0.6 is 0 Å². The third-order valence-corrected chi connectivity index (χ3v) is 5.77. The molecule has 1 amide bonds. The minimum Gasteiger partial charge on any atom is -0.374 e. The van der Waals surface area contributed by atoms with Crippen LogP contribution < -0.4 is 5.32 Å². The first kappa shape index (κ1) is 18.6. The minimum atomic E-state index is -2.92. The molecule has 7 nitrogen and oxygen atoms in total. The van der Waals surface area contributed by atoms with Gasteiger partial charge in [-0.2, -0.15) is 0 Å². The van der Waals surface area contributed by atoms with Crippen LogP contribution in [0.15, 0.2) is 0 Å². The number of hydrogen-bond acceptors (Lipinski definition) is 6. The number of nitrogens with zero attached hydrogens (tertiary/aromatic N) is 2. The first-order chi connectivity index (χ1) is 11.0. The monoisotopic (exact) mass is 351 g/mol. The Hall–Kier alpha value is -0.770. The Morgan fingerprint density at radius 2 is 1.96 bits per heavy atom. The lowest BCUT2D eigenvalue weighted by Crippen LogP contribution is -2.50. The molecule has 9 heteroatoms. The predicted octanol–water partition coefficient (Wildman–Crippen LogP) is -1.11. The number of rotatable bonds is 7. The highest BCUT2D eigenvalue weighted by Crippen LogP contribution is 2.06. The van der Waals surface area contributed by atoms with Crippen molar-refractivity contribution in [3.8, 4) is 0 Å². The molecule has 2 rings (SSSR count). The van der Waals surface area contributed by atoms with E-state index < -0.39 is 9.84 Å². The second-order valence-electron chi connectivity index (χ2n) is 6.07. The fraction of sp³-hybridized carbons (Fsp3) is 0.929. The zero-order valence-corrected chi connectivity index (χ0v) is 14.2. The highest BCUT2D eigenvalue weighted by molar-refractivity contribution is 7.91. The van der Waals surface area contributed by atoms with E-state index >= 15 is 0 Å². The van der Waals surface area contributed by atoms with Crippen molar-refractivity contribution in [2.24, 2.45) is 0 Å². The molecule has 2 heterocycles. The molecule has 0 radical (unpaired) electrons. The second kappa shape index (κ2) is 8.91. The van der Waals surface area contributed by atoms with Crippen molar-refractivity contribution < 1.29 is 22.3 Å². The molecular formula is C14H26FN3O4S. The van der Waals surface area contributed by atoms with Gasteiger partial charge in [0.25, 0.3) is 0 Å². The zero-order chi connectivity index (χ0) is 16.7. The van der Waals surface area contributed by atoms with Crippen molar-refractivity contribution in [1.29, 1.82) is 0 Å². The Balaban J connectivity index is 1.64. The SMILES string of the molecule is O=C(CN1CCS(=O)(=O)CC1)NCC1CN(CCCF)CCO1. The van der Waals surface area contributed by atoms with Gasteiger partial charge in [0.2, 0.25) is 5.91 Å². The normalized spacial score (nSPS) is 26.0. The summed E-state index contributed by atoms with van der Waals surface area (Å²) >= 11 is 0. The highest BCUT2D eigenvalue weighted by atomic mass is 32.2. The summed E-state index contributed by atoms with van der Waals surface area (Å²) in [4.78, 5) is 15.9. The molecule has 0 aromatic carbocycles. The molecule has 0 saturated carbocycles. The lowest BCUT2D eigenvalue weighted by Gasteiger charge is -2.33. The molecule has 0 aromatic heterocycles. The maximum absolute atomic E-state index is 12.2. The largest absolute Gasteiger partial charge is 0.374 e. The molecule has 1 N–H and O–H groups in total. The number of alkyl halides is 1. The van der Waals surface area contributed by atoms with Crippen LogP contribution in [0.4, 0.5) is 4.39 Å². The summed E-state index contributed by atoms with van der Waals surface area (Å²) in [6.07, 6.45) is 0.450. The van der Waals surface area contributed by atoms with Crippen molar-refractivity contribution in [2.75, 3.05) is 70.6 Å². The van der Waals surface area contributed by atoms with E-state index in [2.05, 4.69) is 10.2 Å². The topological polar surface area (TPSA) is 79.0 Å². The van der Waals surface area contributed by atoms with Gasteiger partial charge in [-0.1, -0.05) is 0 Å². The van der Waals surface area contributed by atoms with Crippen LogP contribution in [0, 0.1) is 0 Å². The molecule has 0 aliphatic carbocycles. The summed E-state index contributed by atoms with van der Waals surface area (Å²) in [7, 11) is -2.92. The third kappa shape index (κ3) is 6.70. The van der Waals surface area contributed by atoms with Crippen LogP contribution in [-0.4, -0.2) is 101 Å². The highest BCUT2D eigenvalue weighted by Gasteiger charge is 2.24. The van der Waals surface area contributed by atoms with Gasteiger partial charge < -0.3 is 10.1 Å². The standard InChI is InChI=1S/C14H26FN3O4S/c15-2-1-3-17-4-7-22-13(11-17)10-16-14(19)12-18-5-8-23(20,21)9-6-18/h13H,1-12H2,(H,16,19). The average molecular weight is 351 g/mol. The van der Waals surface area contributed by atoms with Crippen LogP contribution in [0.1, 0.15) is 6.42 Å². The van der Waals surface area contributed by atoms with E-state index in [4.69, 9.17) is 4.74 Å². The van der Waals surface area contributed by atoms with Crippen molar-refractivity contribution in [3.05, 3.63) is 0 Å². The Morgan fingerprint density at radius 3 is 2.65 bits per heavy atom. The van der Waals surface area contributed by atoms with Gasteiger partial charge in [0.1, 0.15) is 0 Å². The maximum atomic E-state index is 12.2. The lowest BCUT2D eigenvalue weighted by molar-refractivity contribution is -0.123. The average Bonchev–Trinajstić information content (AvgIpc) is 2.53. The molecule has 2 aliphatic heterocycles. The molecule has 1 unspecified atom stereocenters. The van der Waals surface area contributed by atoms with Gasteiger partial charge in [-0.05, 0) is 6.42 Å². The van der Waals surface area contributed by atoms with Gasteiger partial charge in [-0.25, -0.2) is 8.42 Å². The molecule has 23 heavy (non-hydrogen) atoms. The fourth-order valence-corrected chi connectivity index (χ4v) is 4.06. The minimum absolute atomic E-state index is 0.0750. The van der Waals surface area contributed by atoms with E-state index in [0.29, 0.717) is 45.8 Å². The van der Waals surface area contributed by atoms with Gasteiger partial charge in [0, 0.05) is 39.3 Å². The number of nitrogens with one attached hydrogen (secondary N) is 1. The molecule has 0 aromatic rings. The molecular weight excluding hydrogens is 325 g/mol. The summed E-state index contributed by atoms with van der Waals surface area (Å²) < 4.78 is 40.5. The van der Waals surface area contributed by atoms with Crippen LogP contribution in [0.25, 0.3) is 0 Å². The third-order valence-electron chi connectivity index (χ3n) is 4.16. The Labute approximate surface area is 137 Å². The van der Waals surface area contributed by atoms with Crippen LogP contribution in [0.3, 0.4) is 0 Å². The number of morpholine rings is 1. The van der Waals surface area contributed by atoms with Gasteiger partial charge >= 0.3 is 0 Å². The summed E-state index contributed by atoms with van der Waals surface area (Å²) in [5.74, 6) is 0.124. The molecule has 0 bridgehead atoms. The van der Waals surface area contributed by atoms with E-state index in [9.17, 15) is 17.6 Å². The summed E-state index contributed by atoms with van der Waals surface area (Å²) in [5, 5.41) is 2.84. The van der Waals surface area contributed by atoms with E-state index in [1.165, 1.54) is 0 Å². The van der Waals surface area contributed by atoms with Gasteiger partial charge in [0.15, 0.2) is 9.84 Å². The van der Waals surface area contributed by atoms with Gasteiger partial charge in [-0.15, -0.1) is 0 Å². The quantitative estimate of drug-likeness (QED) is 0.627. The second-order valence-corrected chi connectivity index (χ2v) is 8.37. The first-order valence-corrected chi connectivity index (χ1v) is 9.90. The molecule has 1 atom stereocenters. The van der Waals surface area contributed by atoms with Crippen molar-refractivity contribution in [2.45, 2.75) is 12.5 Å². The summed E-state index contributed by atoms with van der Waals surface area (Å²) in [6, 6.07) is 0. The number of carbonyl (C=O) groups is 1. The molecule has 2 fully saturated rings. The number of amides is 1. The fourth-order valence-electron chi connectivity index (χ4n) is 2.79. The molecule has 134 valence electrons. The number of carbonyl (C=O) groups excluding carboxylic acids is 1. The van der Waals surface area contributed by atoms with Crippen LogP contribution in [0.5, 0.6) is 0 Å². The molecule has 0 spiro atoms. The van der Waals surface area contributed by atoms with Crippen molar-refractivity contribution in [1.82, 2.24) is 15.1 Å². The summed E-state index contributed by atoms with van der Waals surface area (Å²) in [6.45, 7) is 3.95. The number of halogens is 1. The van der Waals surface area contributed by atoms with Crippen LogP contribution in [0.2, 0.25) is 0 Å². The number of hydrogen-bond donors (Lipinski definition) is 1. The van der Waals surface area contributed by atoms with Crippen molar-refractivity contribution in [3.63, 3.8) is 0 Å². The Bertz CT molecular complexity index is 474. The van der Waals surface area contributed by atoms with Crippen LogP contribution in [-0.2, 0) is 19.4 Å². The Morgan fingerprint density at radius 1 is 1.22 bits per heavy atom. The smallest absolute Gasteiger partial charge is 0.234 e. The van der Waals surface area contributed by atoms with Crippen molar-refractivity contribution >= 4 is 15.7 Å². The van der Waals surface area contributed by atoms with E-state index in [1.54, 1.807) is 0 Å². The van der Waals surface area contributed by atoms with E-state index in [-0.39, 0.29) is 36.7 Å². The van der Waals surface area contributed by atoms with E-state index in [1.807, 2.05) is 4.90 Å². The zero-order valence-electron chi connectivity index (χ0n) is 13.4. The Kier molecular flexibility index (Phi) is 7.19. The molecule has 2 saturated heterocycles. The summed E-state index contributed by atoms with van der Waals surface area (Å²) in [5.41, 5.74) is 0.